The standard InChI is InChI=1S/C16H27ClN2/c1-13(2)19(4)10-6-5-9-18-12-15-8-7-14(3)16(17)11-15/h7-8,11,13,18H,5-6,9-10,12H2,1-4H3. The van der Waals surface area contributed by atoms with Gasteiger partial charge in [0.05, 0.1) is 0 Å². The number of nitrogens with one attached hydrogen (secondary N) is 1. The lowest BCUT2D eigenvalue weighted by atomic mass is 10.1. The molecule has 0 spiro atoms. The highest BCUT2D eigenvalue weighted by Gasteiger charge is 2.02. The Morgan fingerprint density at radius 3 is 2.63 bits per heavy atom. The van der Waals surface area contributed by atoms with Crippen LogP contribution in [0.15, 0.2) is 18.2 Å². The van der Waals surface area contributed by atoms with E-state index in [2.05, 4.69) is 49.3 Å². The maximum atomic E-state index is 6.11. The van der Waals surface area contributed by atoms with Gasteiger partial charge < -0.3 is 10.2 Å². The first-order valence-electron chi connectivity index (χ1n) is 7.16. The Hall–Kier alpha value is -0.570. The van der Waals surface area contributed by atoms with Gasteiger partial charge in [0.25, 0.3) is 0 Å². The summed E-state index contributed by atoms with van der Waals surface area (Å²) in [4.78, 5) is 2.39. The number of halogens is 1. The van der Waals surface area contributed by atoms with Crippen LogP contribution in [-0.2, 0) is 6.54 Å². The van der Waals surface area contributed by atoms with Crippen LogP contribution in [0.5, 0.6) is 0 Å². The first-order valence-corrected chi connectivity index (χ1v) is 7.54. The lowest BCUT2D eigenvalue weighted by Gasteiger charge is -2.20. The third-order valence-corrected chi connectivity index (χ3v) is 3.97. The smallest absolute Gasteiger partial charge is 0.0438 e. The fraction of sp³-hybridized carbons (Fsp3) is 0.625. The molecule has 1 N–H and O–H groups in total. The van der Waals surface area contributed by atoms with E-state index in [-0.39, 0.29) is 0 Å². The molecule has 1 rings (SSSR count). The Bertz CT molecular complexity index is 377. The quantitative estimate of drug-likeness (QED) is 0.729. The van der Waals surface area contributed by atoms with Crippen molar-refractivity contribution < 1.29 is 0 Å². The molecule has 0 radical (unpaired) electrons. The molecule has 2 nitrogen and oxygen atoms in total. The minimum atomic E-state index is 0.641. The van der Waals surface area contributed by atoms with Crippen LogP contribution in [0, 0.1) is 6.92 Å². The van der Waals surface area contributed by atoms with Gasteiger partial charge in [0, 0.05) is 17.6 Å². The molecule has 0 unspecified atom stereocenters. The van der Waals surface area contributed by atoms with Gasteiger partial charge in [0.1, 0.15) is 0 Å². The molecule has 3 heteroatoms. The Morgan fingerprint density at radius 1 is 1.26 bits per heavy atom. The molecular weight excluding hydrogens is 256 g/mol. The zero-order valence-corrected chi connectivity index (χ0v) is 13.4. The van der Waals surface area contributed by atoms with Gasteiger partial charge in [-0.1, -0.05) is 23.7 Å². The summed E-state index contributed by atoms with van der Waals surface area (Å²) in [6, 6.07) is 6.91. The van der Waals surface area contributed by atoms with E-state index < -0.39 is 0 Å². The minimum absolute atomic E-state index is 0.641. The normalized spacial score (nSPS) is 11.5. The summed E-state index contributed by atoms with van der Waals surface area (Å²) in [5, 5.41) is 4.33. The van der Waals surface area contributed by atoms with Gasteiger partial charge in [-0.3, -0.25) is 0 Å². The van der Waals surface area contributed by atoms with Crippen LogP contribution in [0.1, 0.15) is 37.8 Å². The number of rotatable bonds is 8. The molecule has 0 aromatic heterocycles. The maximum absolute atomic E-state index is 6.11. The molecule has 0 atom stereocenters. The van der Waals surface area contributed by atoms with Crippen molar-refractivity contribution in [3.63, 3.8) is 0 Å². The van der Waals surface area contributed by atoms with E-state index in [1.54, 1.807) is 0 Å². The molecule has 1 aromatic carbocycles. The van der Waals surface area contributed by atoms with Gasteiger partial charge in [-0.05, 0) is 70.9 Å². The predicted octanol–water partition coefficient (Wildman–Crippen LogP) is 3.86. The fourth-order valence-corrected chi connectivity index (χ4v) is 2.05. The molecule has 0 bridgehead atoms. The number of nitrogens with zero attached hydrogens (tertiary/aromatic N) is 1. The van der Waals surface area contributed by atoms with Crippen molar-refractivity contribution in [2.45, 2.75) is 46.2 Å². The highest BCUT2D eigenvalue weighted by atomic mass is 35.5. The lowest BCUT2D eigenvalue weighted by Crippen LogP contribution is -2.27. The van der Waals surface area contributed by atoms with Gasteiger partial charge in [-0.2, -0.15) is 0 Å². The second-order valence-electron chi connectivity index (χ2n) is 5.54. The average Bonchev–Trinajstić information content (AvgIpc) is 2.37. The highest BCUT2D eigenvalue weighted by molar-refractivity contribution is 6.31. The van der Waals surface area contributed by atoms with Gasteiger partial charge in [-0.25, -0.2) is 0 Å². The Kier molecular flexibility index (Phi) is 7.44. The molecule has 0 heterocycles. The number of aryl methyl sites for hydroxylation is 1. The van der Waals surface area contributed by atoms with Crippen molar-refractivity contribution in [1.82, 2.24) is 10.2 Å². The average molecular weight is 283 g/mol. The van der Waals surface area contributed by atoms with Gasteiger partial charge >= 0.3 is 0 Å². The largest absolute Gasteiger partial charge is 0.313 e. The zero-order chi connectivity index (χ0) is 14.3. The van der Waals surface area contributed by atoms with Gasteiger partial charge in [0.2, 0.25) is 0 Å². The van der Waals surface area contributed by atoms with Gasteiger partial charge in [-0.15, -0.1) is 0 Å². The second-order valence-corrected chi connectivity index (χ2v) is 5.95. The highest BCUT2D eigenvalue weighted by Crippen LogP contribution is 2.16. The minimum Gasteiger partial charge on any atom is -0.313 e. The number of hydrogen-bond acceptors (Lipinski definition) is 2. The van der Waals surface area contributed by atoms with Crippen LogP contribution in [0.2, 0.25) is 5.02 Å². The van der Waals surface area contributed by atoms with E-state index in [1.165, 1.54) is 24.9 Å². The third-order valence-electron chi connectivity index (χ3n) is 3.56. The van der Waals surface area contributed by atoms with Crippen molar-refractivity contribution in [2.75, 3.05) is 20.1 Å². The van der Waals surface area contributed by atoms with E-state index in [4.69, 9.17) is 11.6 Å². The first-order chi connectivity index (χ1) is 9.00. The summed E-state index contributed by atoms with van der Waals surface area (Å²) in [5.74, 6) is 0. The number of benzene rings is 1. The van der Waals surface area contributed by atoms with Crippen LogP contribution in [-0.4, -0.2) is 31.1 Å². The van der Waals surface area contributed by atoms with E-state index >= 15 is 0 Å². The van der Waals surface area contributed by atoms with Crippen molar-refractivity contribution >= 4 is 11.6 Å². The third kappa shape index (κ3) is 6.42. The molecule has 108 valence electrons. The lowest BCUT2D eigenvalue weighted by molar-refractivity contribution is 0.268. The van der Waals surface area contributed by atoms with Gasteiger partial charge in [0.15, 0.2) is 0 Å². The molecule has 0 saturated heterocycles. The molecule has 0 amide bonds. The van der Waals surface area contributed by atoms with Crippen LogP contribution >= 0.6 is 11.6 Å². The van der Waals surface area contributed by atoms with Crippen LogP contribution in [0.4, 0.5) is 0 Å². The molecule has 0 aliphatic heterocycles. The molecule has 0 fully saturated rings. The maximum Gasteiger partial charge on any atom is 0.0438 e. The van der Waals surface area contributed by atoms with E-state index in [1.807, 2.05) is 6.92 Å². The number of hydrogen-bond donors (Lipinski definition) is 1. The topological polar surface area (TPSA) is 15.3 Å². The number of unbranched alkanes of at least 4 members (excludes halogenated alkanes) is 1. The first kappa shape index (κ1) is 16.5. The van der Waals surface area contributed by atoms with E-state index in [9.17, 15) is 0 Å². The predicted molar refractivity (Wildman–Crippen MR) is 84.9 cm³/mol. The zero-order valence-electron chi connectivity index (χ0n) is 12.7. The summed E-state index contributed by atoms with van der Waals surface area (Å²) in [6.45, 7) is 9.65. The summed E-state index contributed by atoms with van der Waals surface area (Å²) in [5.41, 5.74) is 2.40. The van der Waals surface area contributed by atoms with Crippen LogP contribution < -0.4 is 5.32 Å². The molecular formula is C16H27ClN2. The SMILES string of the molecule is Cc1ccc(CNCCCCN(C)C(C)C)cc1Cl. The molecule has 0 aliphatic rings. The van der Waals surface area contributed by atoms with E-state index in [0.29, 0.717) is 6.04 Å². The van der Waals surface area contributed by atoms with Crippen molar-refractivity contribution in [3.05, 3.63) is 34.3 Å². The Balaban J connectivity index is 2.12. The summed E-state index contributed by atoms with van der Waals surface area (Å²) >= 11 is 6.11. The molecule has 0 aliphatic carbocycles. The molecule has 1 aromatic rings. The van der Waals surface area contributed by atoms with Crippen LogP contribution in [0.25, 0.3) is 0 Å². The van der Waals surface area contributed by atoms with Crippen molar-refractivity contribution in [3.8, 4) is 0 Å². The molecule has 19 heavy (non-hydrogen) atoms. The monoisotopic (exact) mass is 282 g/mol. The molecule has 0 saturated carbocycles. The second kappa shape index (κ2) is 8.57. The fourth-order valence-electron chi connectivity index (χ4n) is 1.85. The van der Waals surface area contributed by atoms with Crippen molar-refractivity contribution in [2.24, 2.45) is 0 Å². The van der Waals surface area contributed by atoms with Crippen LogP contribution in [0.3, 0.4) is 0 Å². The Labute approximate surface area is 123 Å². The summed E-state index contributed by atoms with van der Waals surface area (Å²) in [7, 11) is 2.19. The Morgan fingerprint density at radius 2 is 2.00 bits per heavy atom. The van der Waals surface area contributed by atoms with E-state index in [0.717, 1.165) is 23.7 Å². The van der Waals surface area contributed by atoms with Crippen molar-refractivity contribution in [1.29, 1.82) is 0 Å². The summed E-state index contributed by atoms with van der Waals surface area (Å²) < 4.78 is 0. The summed E-state index contributed by atoms with van der Waals surface area (Å²) in [6.07, 6.45) is 2.47.